The number of hydrogen-bond donors (Lipinski definition) is 4. The van der Waals surface area contributed by atoms with Gasteiger partial charge in [0, 0.05) is 56.6 Å². The molecule has 200 valence electrons. The van der Waals surface area contributed by atoms with Crippen molar-refractivity contribution in [3.63, 3.8) is 0 Å². The number of urea groups is 1. The van der Waals surface area contributed by atoms with Gasteiger partial charge in [0.1, 0.15) is 6.04 Å². The molecule has 0 saturated carbocycles. The van der Waals surface area contributed by atoms with E-state index in [0.29, 0.717) is 38.2 Å². The Labute approximate surface area is 219 Å². The first-order chi connectivity index (χ1) is 18.2. The van der Waals surface area contributed by atoms with Crippen LogP contribution in [0.2, 0.25) is 0 Å². The monoisotopic (exact) mass is 521 g/mol. The van der Waals surface area contributed by atoms with E-state index >= 15 is 0 Å². The molecule has 2 unspecified atom stereocenters. The van der Waals surface area contributed by atoms with Crippen molar-refractivity contribution in [1.29, 1.82) is 0 Å². The number of nitrogens with one attached hydrogen (secondary N) is 2. The lowest BCUT2D eigenvalue weighted by Crippen LogP contribution is -2.39. The van der Waals surface area contributed by atoms with Gasteiger partial charge in [0.15, 0.2) is 0 Å². The van der Waals surface area contributed by atoms with E-state index in [1.54, 1.807) is 17.3 Å². The summed E-state index contributed by atoms with van der Waals surface area (Å²) in [6.45, 7) is 3.57. The van der Waals surface area contributed by atoms with Gasteiger partial charge in [-0.2, -0.15) is 5.10 Å². The van der Waals surface area contributed by atoms with Crippen LogP contribution in [0.1, 0.15) is 42.9 Å². The molecule has 0 bridgehead atoms. The molecule has 0 spiro atoms. The minimum absolute atomic E-state index is 0.0758. The highest BCUT2D eigenvalue weighted by Crippen LogP contribution is 2.24. The summed E-state index contributed by atoms with van der Waals surface area (Å²) in [7, 11) is 0. The molecule has 2 aliphatic rings. The first kappa shape index (κ1) is 26.7. The summed E-state index contributed by atoms with van der Waals surface area (Å²) in [6.07, 6.45) is 3.96. The van der Waals surface area contributed by atoms with E-state index in [0.717, 1.165) is 22.4 Å². The van der Waals surface area contributed by atoms with Gasteiger partial charge in [-0.25, -0.2) is 9.80 Å². The average Bonchev–Trinajstić information content (AvgIpc) is 3.33. The summed E-state index contributed by atoms with van der Waals surface area (Å²) in [4.78, 5) is 53.6. The van der Waals surface area contributed by atoms with Gasteiger partial charge >= 0.3 is 12.0 Å². The highest BCUT2D eigenvalue weighted by molar-refractivity contribution is 6.06. The number of aliphatic carboxylic acids is 1. The second-order valence-electron chi connectivity index (χ2n) is 9.47. The van der Waals surface area contributed by atoms with E-state index in [1.165, 1.54) is 5.01 Å². The fraction of sp³-hybridized carbons (Fsp3) is 0.385. The van der Waals surface area contributed by atoms with Crippen molar-refractivity contribution in [2.24, 2.45) is 16.8 Å². The van der Waals surface area contributed by atoms with E-state index in [9.17, 15) is 19.2 Å². The van der Waals surface area contributed by atoms with E-state index in [1.807, 2.05) is 37.3 Å². The molecule has 2 aliphatic heterocycles. The summed E-state index contributed by atoms with van der Waals surface area (Å²) >= 11 is 0. The molecule has 0 fully saturated rings. The van der Waals surface area contributed by atoms with Gasteiger partial charge in [-0.15, -0.1) is 0 Å². The molecule has 12 nitrogen and oxygen atoms in total. The molecular weight excluding hydrogens is 490 g/mol. The van der Waals surface area contributed by atoms with Crippen molar-refractivity contribution in [2.45, 2.75) is 45.3 Å². The van der Waals surface area contributed by atoms with Crippen molar-refractivity contribution < 1.29 is 24.3 Å². The first-order valence-corrected chi connectivity index (χ1v) is 12.4. The Morgan fingerprint density at radius 1 is 1.16 bits per heavy atom. The van der Waals surface area contributed by atoms with Crippen LogP contribution < -0.4 is 16.4 Å². The minimum Gasteiger partial charge on any atom is -0.480 e. The van der Waals surface area contributed by atoms with Crippen LogP contribution >= 0.6 is 0 Å². The largest absolute Gasteiger partial charge is 0.480 e. The summed E-state index contributed by atoms with van der Waals surface area (Å²) in [5, 5.41) is 20.3. The van der Waals surface area contributed by atoms with Crippen molar-refractivity contribution in [2.75, 3.05) is 18.4 Å². The van der Waals surface area contributed by atoms with E-state index < -0.39 is 17.9 Å². The van der Waals surface area contributed by atoms with Crippen LogP contribution in [0.5, 0.6) is 0 Å². The molecule has 0 aliphatic carbocycles. The van der Waals surface area contributed by atoms with Gasteiger partial charge in [0.2, 0.25) is 11.8 Å². The number of carboxylic acids is 1. The number of hydrazone groups is 1. The fourth-order valence-electron chi connectivity index (χ4n) is 4.37. The molecule has 38 heavy (non-hydrogen) atoms. The second kappa shape index (κ2) is 11.8. The molecule has 3 heterocycles. The molecule has 4 amide bonds. The van der Waals surface area contributed by atoms with Crippen LogP contribution in [-0.4, -0.2) is 68.7 Å². The standard InChI is InChI=1S/C26H31N7O5/c1-16-11-23(35)33(10-2-8-29-22(34)12-21(27)25(36)37)31-24(16)17-3-5-20(6-4-17)30-26(38)32-14-18-7-9-28-13-19(18)15-32/h3-7,9,13,16,21H,2,8,10-12,14-15,27H2,1H3,(H,29,34)(H,30,38)(H,36,37). The Kier molecular flexibility index (Phi) is 8.31. The number of anilines is 1. The summed E-state index contributed by atoms with van der Waals surface area (Å²) in [5.74, 6) is -1.87. The number of carboxylic acid groups (broad SMARTS) is 1. The van der Waals surface area contributed by atoms with Crippen molar-refractivity contribution in [3.8, 4) is 0 Å². The van der Waals surface area contributed by atoms with Gasteiger partial charge in [0.25, 0.3) is 0 Å². The quantitative estimate of drug-likeness (QED) is 0.362. The number of fused-ring (bicyclic) bond motifs is 1. The highest BCUT2D eigenvalue weighted by atomic mass is 16.4. The Bertz CT molecular complexity index is 1220. The number of aromatic nitrogens is 1. The van der Waals surface area contributed by atoms with Crippen LogP contribution in [-0.2, 0) is 27.5 Å². The lowest BCUT2D eigenvalue weighted by Gasteiger charge is -2.28. The summed E-state index contributed by atoms with van der Waals surface area (Å²) < 4.78 is 0. The summed E-state index contributed by atoms with van der Waals surface area (Å²) in [6, 6.07) is 7.84. The van der Waals surface area contributed by atoms with Crippen LogP contribution in [0.15, 0.2) is 47.8 Å². The normalized spacial score (nSPS) is 17.5. The van der Waals surface area contributed by atoms with Gasteiger partial charge in [-0.05, 0) is 41.3 Å². The topological polar surface area (TPSA) is 170 Å². The number of nitrogens with zero attached hydrogens (tertiary/aromatic N) is 4. The zero-order valence-electron chi connectivity index (χ0n) is 21.1. The summed E-state index contributed by atoms with van der Waals surface area (Å²) in [5.41, 5.74) is 9.78. The maximum atomic E-state index is 12.7. The van der Waals surface area contributed by atoms with Crippen LogP contribution in [0, 0.1) is 5.92 Å². The lowest BCUT2D eigenvalue weighted by molar-refractivity contribution is -0.140. The second-order valence-corrected chi connectivity index (χ2v) is 9.47. The number of hydrogen-bond acceptors (Lipinski definition) is 7. The Balaban J connectivity index is 1.31. The van der Waals surface area contributed by atoms with Gasteiger partial charge in [-0.1, -0.05) is 19.1 Å². The predicted octanol–water partition coefficient (Wildman–Crippen LogP) is 1.51. The smallest absolute Gasteiger partial charge is 0.322 e. The average molecular weight is 522 g/mol. The molecule has 5 N–H and O–H groups in total. The first-order valence-electron chi connectivity index (χ1n) is 12.4. The molecule has 1 aromatic carbocycles. The zero-order valence-corrected chi connectivity index (χ0v) is 21.1. The molecule has 0 radical (unpaired) electrons. The Hall–Kier alpha value is -4.32. The SMILES string of the molecule is CC1CC(=O)N(CCCNC(=O)CC(N)C(=O)O)N=C1c1ccc(NC(=O)N2Cc3ccncc3C2)cc1. The molecule has 0 saturated heterocycles. The Morgan fingerprint density at radius 2 is 1.89 bits per heavy atom. The molecule has 4 rings (SSSR count). The lowest BCUT2D eigenvalue weighted by atomic mass is 9.93. The van der Waals surface area contributed by atoms with Crippen LogP contribution in [0.25, 0.3) is 0 Å². The number of nitrogens with two attached hydrogens (primary N) is 1. The third kappa shape index (κ3) is 6.51. The van der Waals surface area contributed by atoms with Gasteiger partial charge < -0.3 is 26.4 Å². The maximum absolute atomic E-state index is 12.7. The maximum Gasteiger partial charge on any atom is 0.322 e. The Morgan fingerprint density at radius 3 is 2.61 bits per heavy atom. The van der Waals surface area contributed by atoms with Crippen molar-refractivity contribution >= 4 is 35.2 Å². The number of amides is 4. The number of carbonyl (C=O) groups is 4. The van der Waals surface area contributed by atoms with Crippen molar-refractivity contribution in [3.05, 3.63) is 59.4 Å². The highest BCUT2D eigenvalue weighted by Gasteiger charge is 2.27. The number of pyridine rings is 1. The van der Waals surface area contributed by atoms with E-state index in [2.05, 4.69) is 20.7 Å². The zero-order chi connectivity index (χ0) is 27.2. The molecule has 1 aromatic heterocycles. The molecule has 2 atom stereocenters. The molecule has 2 aromatic rings. The number of benzene rings is 1. The van der Waals surface area contributed by atoms with Gasteiger partial charge in [0.05, 0.1) is 12.1 Å². The number of rotatable bonds is 9. The third-order valence-corrected chi connectivity index (χ3v) is 6.50. The number of carbonyl (C=O) groups excluding carboxylic acids is 3. The molecule has 12 heteroatoms. The van der Waals surface area contributed by atoms with Crippen LogP contribution in [0.3, 0.4) is 0 Å². The van der Waals surface area contributed by atoms with Crippen molar-refractivity contribution in [1.82, 2.24) is 20.2 Å². The van der Waals surface area contributed by atoms with E-state index in [-0.39, 0.29) is 30.8 Å². The minimum atomic E-state index is -1.25. The molecular formula is C26H31N7O5. The third-order valence-electron chi connectivity index (χ3n) is 6.50. The van der Waals surface area contributed by atoms with Crippen LogP contribution in [0.4, 0.5) is 10.5 Å². The van der Waals surface area contributed by atoms with Gasteiger partial charge in [-0.3, -0.25) is 19.4 Å². The fourth-order valence-corrected chi connectivity index (χ4v) is 4.37. The predicted molar refractivity (Wildman–Crippen MR) is 139 cm³/mol. The van der Waals surface area contributed by atoms with E-state index in [4.69, 9.17) is 10.8 Å².